The van der Waals surface area contributed by atoms with Gasteiger partial charge in [-0.15, -0.1) is 0 Å². The number of rotatable bonds is 7. The highest BCUT2D eigenvalue weighted by molar-refractivity contribution is 6.02. The van der Waals surface area contributed by atoms with E-state index >= 15 is 0 Å². The number of allylic oxidation sites excluding steroid dienone is 2. The summed E-state index contributed by atoms with van der Waals surface area (Å²) in [6.45, 7) is 14.9. The Morgan fingerprint density at radius 1 is 1.05 bits per heavy atom. The third-order valence-corrected chi connectivity index (χ3v) is 13.4. The first kappa shape index (κ1) is 30.7. The number of nitrogens with two attached hydrogens (primary N) is 1. The van der Waals surface area contributed by atoms with Gasteiger partial charge in [0.2, 0.25) is 0 Å². The fourth-order valence-electron chi connectivity index (χ4n) is 11.6. The molecule has 0 spiro atoms. The van der Waals surface area contributed by atoms with E-state index in [0.29, 0.717) is 65.9 Å². The molecule has 4 nitrogen and oxygen atoms in total. The molecular formula is C38H54FN3O. The number of fused-ring (bicyclic) bond motifs is 7. The lowest BCUT2D eigenvalue weighted by Crippen LogP contribution is -2.58. The molecule has 7 atom stereocenters. The average molecular weight is 588 g/mol. The van der Waals surface area contributed by atoms with Gasteiger partial charge in [0.25, 0.3) is 0 Å². The average Bonchev–Trinajstić information content (AvgIpc) is 3.27. The second-order valence-corrected chi connectivity index (χ2v) is 15.8. The number of hydrogen-bond acceptors (Lipinski definition) is 3. The monoisotopic (exact) mass is 587 g/mol. The Hall–Kier alpha value is -2.27. The Bertz CT molecular complexity index is 1310. The summed E-state index contributed by atoms with van der Waals surface area (Å²) >= 11 is 0. The van der Waals surface area contributed by atoms with Crippen LogP contribution < -0.4 is 5.73 Å². The predicted octanol–water partition coefficient (Wildman–Crippen LogP) is 8.77. The van der Waals surface area contributed by atoms with Crippen molar-refractivity contribution in [2.75, 3.05) is 13.1 Å². The van der Waals surface area contributed by atoms with Gasteiger partial charge < -0.3 is 10.6 Å². The Kier molecular flexibility index (Phi) is 8.06. The molecule has 4 saturated carbocycles. The normalized spacial score (nSPS) is 37.0. The predicted molar refractivity (Wildman–Crippen MR) is 174 cm³/mol. The summed E-state index contributed by atoms with van der Waals surface area (Å²) in [6, 6.07) is 6.32. The van der Waals surface area contributed by atoms with E-state index in [0.717, 1.165) is 35.8 Å². The maximum absolute atomic E-state index is 13.9. The van der Waals surface area contributed by atoms with Crippen LogP contribution in [0.1, 0.15) is 110 Å². The molecule has 5 heteroatoms. The van der Waals surface area contributed by atoms with Crippen molar-refractivity contribution in [3.63, 3.8) is 0 Å². The van der Waals surface area contributed by atoms with Crippen molar-refractivity contribution in [1.82, 2.24) is 4.90 Å². The topological polar surface area (TPSA) is 70.2 Å². The van der Waals surface area contributed by atoms with Crippen LogP contribution in [0.5, 0.6) is 0 Å². The van der Waals surface area contributed by atoms with Crippen LogP contribution in [0, 0.1) is 57.1 Å². The van der Waals surface area contributed by atoms with Gasteiger partial charge in [-0.2, -0.15) is 0 Å². The Morgan fingerprint density at radius 2 is 1.79 bits per heavy atom. The summed E-state index contributed by atoms with van der Waals surface area (Å²) in [5, 5.41) is 9.44. The third-order valence-electron chi connectivity index (χ3n) is 13.4. The van der Waals surface area contributed by atoms with E-state index in [1.54, 1.807) is 12.1 Å². The Labute approximate surface area is 259 Å². The number of halogens is 1. The molecule has 5 aliphatic carbocycles. The SMILES string of the molecule is C=C(c1ccc(F)cc1)N(CCN)C(=N)CC12CCC3C(CCC4C5(C)CCCCC5CCC34C)C1=C(C(C)C)C(=O)C2. The number of carbonyl (C=O) groups is 1. The summed E-state index contributed by atoms with van der Waals surface area (Å²) in [4.78, 5) is 15.8. The van der Waals surface area contributed by atoms with Gasteiger partial charge in [0.15, 0.2) is 5.78 Å². The first-order valence-corrected chi connectivity index (χ1v) is 17.2. The lowest BCUT2D eigenvalue weighted by Gasteiger charge is -2.66. The van der Waals surface area contributed by atoms with Gasteiger partial charge in [-0.25, -0.2) is 4.39 Å². The van der Waals surface area contributed by atoms with E-state index < -0.39 is 0 Å². The minimum absolute atomic E-state index is 0.198. The number of Topliss-reactive ketones (excluding diaryl/α,β-unsaturated/α-hetero) is 1. The molecule has 3 N–H and O–H groups in total. The van der Waals surface area contributed by atoms with Gasteiger partial charge in [-0.3, -0.25) is 10.2 Å². The fraction of sp³-hybridized carbons (Fsp3) is 0.684. The number of benzene rings is 1. The Balaban J connectivity index is 1.33. The van der Waals surface area contributed by atoms with E-state index in [-0.39, 0.29) is 17.2 Å². The van der Waals surface area contributed by atoms with Gasteiger partial charge in [0.05, 0.1) is 0 Å². The molecule has 7 unspecified atom stereocenters. The van der Waals surface area contributed by atoms with Crippen molar-refractivity contribution < 1.29 is 9.18 Å². The van der Waals surface area contributed by atoms with Gasteiger partial charge in [-0.1, -0.05) is 64.8 Å². The molecule has 0 aromatic heterocycles. The fourth-order valence-corrected chi connectivity index (χ4v) is 11.6. The molecule has 5 aliphatic rings. The van der Waals surface area contributed by atoms with Crippen LogP contribution in [0.3, 0.4) is 0 Å². The van der Waals surface area contributed by atoms with Crippen LogP contribution in [0.4, 0.5) is 4.39 Å². The van der Waals surface area contributed by atoms with Gasteiger partial charge in [0, 0.05) is 37.0 Å². The highest BCUT2D eigenvalue weighted by Gasteiger charge is 2.63. The minimum Gasteiger partial charge on any atom is -0.329 e. The molecule has 1 aromatic carbocycles. The molecule has 1 aromatic rings. The lowest BCUT2D eigenvalue weighted by atomic mass is 9.39. The smallest absolute Gasteiger partial charge is 0.160 e. The van der Waals surface area contributed by atoms with Crippen LogP contribution >= 0.6 is 0 Å². The third kappa shape index (κ3) is 4.87. The van der Waals surface area contributed by atoms with E-state index in [1.807, 2.05) is 4.90 Å². The van der Waals surface area contributed by atoms with Gasteiger partial charge in [-0.05, 0) is 115 Å². The quantitative estimate of drug-likeness (QED) is 0.247. The second kappa shape index (κ2) is 11.3. The molecule has 43 heavy (non-hydrogen) atoms. The summed E-state index contributed by atoms with van der Waals surface area (Å²) in [6.07, 6.45) is 14.0. The number of hydrogen-bond donors (Lipinski definition) is 2. The van der Waals surface area contributed by atoms with Gasteiger partial charge >= 0.3 is 0 Å². The zero-order valence-electron chi connectivity index (χ0n) is 27.1. The van der Waals surface area contributed by atoms with Crippen molar-refractivity contribution in [1.29, 1.82) is 5.41 Å². The van der Waals surface area contributed by atoms with Crippen molar-refractivity contribution in [2.45, 2.75) is 105 Å². The van der Waals surface area contributed by atoms with Crippen molar-refractivity contribution in [3.8, 4) is 0 Å². The maximum atomic E-state index is 13.9. The first-order valence-electron chi connectivity index (χ1n) is 17.2. The summed E-state index contributed by atoms with van der Waals surface area (Å²) in [7, 11) is 0. The van der Waals surface area contributed by atoms with Crippen LogP contribution in [0.2, 0.25) is 0 Å². The lowest BCUT2D eigenvalue weighted by molar-refractivity contribution is -0.150. The molecule has 0 saturated heterocycles. The molecule has 0 radical (unpaired) electrons. The molecule has 234 valence electrons. The second-order valence-electron chi connectivity index (χ2n) is 15.8. The highest BCUT2D eigenvalue weighted by atomic mass is 19.1. The number of amidine groups is 1. The summed E-state index contributed by atoms with van der Waals surface area (Å²) < 4.78 is 13.7. The number of nitrogens with zero attached hydrogens (tertiary/aromatic N) is 1. The van der Waals surface area contributed by atoms with Crippen molar-refractivity contribution >= 4 is 17.3 Å². The van der Waals surface area contributed by atoms with Crippen LogP contribution in [-0.4, -0.2) is 29.6 Å². The molecule has 0 aliphatic heterocycles. The standard InChI is InChI=1S/C38H54FN3O/c1-24(2)34-31(43)22-38(23-33(41)42(21-20-40)25(3)26-9-11-28(39)12-10-26)19-16-30-29(35(34)38)13-14-32-36(4)17-7-6-8-27(36)15-18-37(30,32)5/h9-12,24,27,29-30,32,41H,3,6-8,13-23,40H2,1-2,4-5H3. The highest BCUT2D eigenvalue weighted by Crippen LogP contribution is 2.71. The van der Waals surface area contributed by atoms with E-state index in [4.69, 9.17) is 5.73 Å². The van der Waals surface area contributed by atoms with Gasteiger partial charge in [0.1, 0.15) is 11.7 Å². The van der Waals surface area contributed by atoms with E-state index in [9.17, 15) is 14.6 Å². The van der Waals surface area contributed by atoms with E-state index in [1.165, 1.54) is 69.1 Å². The van der Waals surface area contributed by atoms with E-state index in [2.05, 4.69) is 34.3 Å². The molecule has 0 amide bonds. The molecule has 4 fully saturated rings. The number of nitrogens with one attached hydrogen (secondary N) is 1. The van der Waals surface area contributed by atoms with Crippen LogP contribution in [-0.2, 0) is 4.79 Å². The molecular weight excluding hydrogens is 533 g/mol. The summed E-state index contributed by atoms with van der Waals surface area (Å²) in [5.74, 6) is 3.44. The zero-order chi connectivity index (χ0) is 30.7. The first-order chi connectivity index (χ1) is 20.4. The van der Waals surface area contributed by atoms with Crippen LogP contribution in [0.15, 0.2) is 42.0 Å². The van der Waals surface area contributed by atoms with Crippen molar-refractivity contribution in [3.05, 3.63) is 53.4 Å². The van der Waals surface area contributed by atoms with Crippen LogP contribution in [0.25, 0.3) is 5.70 Å². The molecule has 0 bridgehead atoms. The zero-order valence-corrected chi connectivity index (χ0v) is 27.1. The minimum atomic E-state index is -0.292. The summed E-state index contributed by atoms with van der Waals surface area (Å²) in [5.41, 5.74) is 10.5. The Morgan fingerprint density at radius 3 is 2.49 bits per heavy atom. The molecule has 0 heterocycles. The largest absolute Gasteiger partial charge is 0.329 e. The number of ketones is 1. The maximum Gasteiger partial charge on any atom is 0.160 e. The molecule has 6 rings (SSSR count). The van der Waals surface area contributed by atoms with Crippen molar-refractivity contribution in [2.24, 2.45) is 51.6 Å². The number of carbonyl (C=O) groups excluding carboxylic acids is 1.